The third-order valence-electron chi connectivity index (χ3n) is 2.74. The van der Waals surface area contributed by atoms with Crippen LogP contribution in [0.3, 0.4) is 0 Å². The fourth-order valence-electron chi connectivity index (χ4n) is 1.53. The maximum absolute atomic E-state index is 5.22. The van der Waals surface area contributed by atoms with Gasteiger partial charge in [0.15, 0.2) is 0 Å². The van der Waals surface area contributed by atoms with Crippen molar-refractivity contribution in [2.24, 2.45) is 0 Å². The van der Waals surface area contributed by atoms with Crippen molar-refractivity contribution in [3.05, 3.63) is 5.89 Å². The molecule has 0 fully saturated rings. The van der Waals surface area contributed by atoms with E-state index in [0.29, 0.717) is 17.9 Å². The van der Waals surface area contributed by atoms with Gasteiger partial charge in [-0.3, -0.25) is 0 Å². The van der Waals surface area contributed by atoms with E-state index in [1.54, 1.807) is 0 Å². The molecule has 0 aliphatic rings. The molecular weight excluding hydrogens is 204 g/mol. The van der Waals surface area contributed by atoms with Gasteiger partial charge in [0.1, 0.15) is 0 Å². The number of rotatable bonds is 7. The Balaban J connectivity index is 2.56. The van der Waals surface area contributed by atoms with Gasteiger partial charge in [-0.05, 0) is 25.5 Å². The van der Waals surface area contributed by atoms with E-state index >= 15 is 0 Å². The minimum Gasteiger partial charge on any atom is -0.342 e. The fraction of sp³-hybridized carbons (Fsp3) is 0.818. The van der Waals surface area contributed by atoms with Crippen LogP contribution in [0.4, 0.5) is 5.95 Å². The quantitative estimate of drug-likeness (QED) is 0.762. The summed E-state index contributed by atoms with van der Waals surface area (Å²) in [5.41, 5.74) is 0. The van der Waals surface area contributed by atoms with Crippen molar-refractivity contribution in [3.8, 4) is 0 Å². The first-order valence-corrected chi connectivity index (χ1v) is 5.92. The maximum atomic E-state index is 5.22. The molecule has 5 heteroatoms. The Hall–Kier alpha value is -1.10. The number of nitrogens with one attached hydrogen (secondary N) is 1. The van der Waals surface area contributed by atoms with Crippen LogP contribution in [0.2, 0.25) is 0 Å². The number of hydrogen-bond donors (Lipinski definition) is 1. The Morgan fingerprint density at radius 2 is 2.19 bits per heavy atom. The molecule has 0 aliphatic carbocycles. The van der Waals surface area contributed by atoms with E-state index in [1.807, 2.05) is 19.0 Å². The SMILES string of the molecule is CCCC(Cc1nc(N(C)CC)no1)NC. The van der Waals surface area contributed by atoms with E-state index in [9.17, 15) is 0 Å². The summed E-state index contributed by atoms with van der Waals surface area (Å²) in [5, 5.41) is 7.21. The zero-order valence-corrected chi connectivity index (χ0v) is 10.7. The van der Waals surface area contributed by atoms with Crippen LogP contribution in [-0.2, 0) is 6.42 Å². The highest BCUT2D eigenvalue weighted by molar-refractivity contribution is 5.25. The molecule has 5 nitrogen and oxygen atoms in total. The average molecular weight is 226 g/mol. The number of anilines is 1. The Morgan fingerprint density at radius 1 is 1.44 bits per heavy atom. The lowest BCUT2D eigenvalue weighted by Crippen LogP contribution is -2.27. The Morgan fingerprint density at radius 3 is 2.75 bits per heavy atom. The van der Waals surface area contributed by atoms with Gasteiger partial charge in [-0.25, -0.2) is 0 Å². The summed E-state index contributed by atoms with van der Waals surface area (Å²) < 4.78 is 5.22. The standard InChI is InChI=1S/C11H22N4O/c1-5-7-9(12-3)8-10-13-11(14-16-10)15(4)6-2/h9,12H,5-8H2,1-4H3. The third-order valence-corrected chi connectivity index (χ3v) is 2.74. The molecule has 1 N–H and O–H groups in total. The highest BCUT2D eigenvalue weighted by Crippen LogP contribution is 2.10. The Kier molecular flexibility index (Phi) is 5.25. The molecule has 1 unspecified atom stereocenters. The summed E-state index contributed by atoms with van der Waals surface area (Å²) >= 11 is 0. The molecule has 0 aromatic carbocycles. The molecule has 0 saturated heterocycles. The van der Waals surface area contributed by atoms with Gasteiger partial charge in [0, 0.05) is 26.1 Å². The summed E-state index contributed by atoms with van der Waals surface area (Å²) in [6.45, 7) is 5.11. The van der Waals surface area contributed by atoms with Crippen molar-refractivity contribution >= 4 is 5.95 Å². The molecule has 0 aliphatic heterocycles. The number of likely N-dealkylation sites (N-methyl/N-ethyl adjacent to an activating group) is 1. The summed E-state index contributed by atoms with van der Waals surface area (Å²) in [7, 11) is 3.92. The predicted molar refractivity (Wildman–Crippen MR) is 64.7 cm³/mol. The first kappa shape index (κ1) is 13.0. The van der Waals surface area contributed by atoms with E-state index < -0.39 is 0 Å². The number of aromatic nitrogens is 2. The lowest BCUT2D eigenvalue weighted by atomic mass is 10.1. The van der Waals surface area contributed by atoms with Crippen molar-refractivity contribution < 1.29 is 4.52 Å². The molecule has 1 aromatic heterocycles. The van der Waals surface area contributed by atoms with Crippen molar-refractivity contribution in [2.45, 2.75) is 39.2 Å². The predicted octanol–water partition coefficient (Wildman–Crippen LogP) is 1.46. The Labute approximate surface area is 97.2 Å². The molecule has 1 aromatic rings. The normalized spacial score (nSPS) is 12.8. The molecular formula is C11H22N4O. The van der Waals surface area contributed by atoms with Gasteiger partial charge in [0.05, 0.1) is 0 Å². The van der Waals surface area contributed by atoms with Gasteiger partial charge in [0.2, 0.25) is 5.89 Å². The summed E-state index contributed by atoms with van der Waals surface area (Å²) in [6, 6.07) is 0.422. The molecule has 0 radical (unpaired) electrons. The molecule has 0 spiro atoms. The monoisotopic (exact) mass is 226 g/mol. The van der Waals surface area contributed by atoms with Crippen LogP contribution in [0.25, 0.3) is 0 Å². The lowest BCUT2D eigenvalue weighted by molar-refractivity contribution is 0.355. The van der Waals surface area contributed by atoms with E-state index in [2.05, 4.69) is 29.3 Å². The molecule has 92 valence electrons. The molecule has 0 amide bonds. The largest absolute Gasteiger partial charge is 0.342 e. The molecule has 1 rings (SSSR count). The van der Waals surface area contributed by atoms with Gasteiger partial charge in [-0.2, -0.15) is 4.98 Å². The van der Waals surface area contributed by atoms with E-state index in [-0.39, 0.29) is 0 Å². The maximum Gasteiger partial charge on any atom is 0.265 e. The highest BCUT2D eigenvalue weighted by atomic mass is 16.5. The van der Waals surface area contributed by atoms with E-state index in [4.69, 9.17) is 4.52 Å². The Bertz CT molecular complexity index is 300. The fourth-order valence-corrected chi connectivity index (χ4v) is 1.53. The first-order chi connectivity index (χ1) is 7.71. The summed E-state index contributed by atoms with van der Waals surface area (Å²) in [4.78, 5) is 6.32. The number of nitrogens with zero attached hydrogens (tertiary/aromatic N) is 3. The second kappa shape index (κ2) is 6.48. The van der Waals surface area contributed by atoms with Crippen molar-refractivity contribution in [2.75, 3.05) is 25.5 Å². The molecule has 1 heterocycles. The van der Waals surface area contributed by atoms with Gasteiger partial charge >= 0.3 is 0 Å². The molecule has 0 saturated carbocycles. The second-order valence-electron chi connectivity index (χ2n) is 3.98. The average Bonchev–Trinajstić information content (AvgIpc) is 2.76. The summed E-state index contributed by atoms with van der Waals surface area (Å²) in [5.74, 6) is 1.38. The van der Waals surface area contributed by atoms with Crippen molar-refractivity contribution in [1.29, 1.82) is 0 Å². The third kappa shape index (κ3) is 3.48. The van der Waals surface area contributed by atoms with Crippen LogP contribution in [-0.4, -0.2) is 36.8 Å². The second-order valence-corrected chi connectivity index (χ2v) is 3.98. The van der Waals surface area contributed by atoms with E-state index in [0.717, 1.165) is 25.8 Å². The van der Waals surface area contributed by atoms with Crippen LogP contribution in [0.1, 0.15) is 32.6 Å². The van der Waals surface area contributed by atoms with Crippen LogP contribution < -0.4 is 10.2 Å². The van der Waals surface area contributed by atoms with Gasteiger partial charge in [-0.15, -0.1) is 0 Å². The summed E-state index contributed by atoms with van der Waals surface area (Å²) in [6.07, 6.45) is 3.08. The van der Waals surface area contributed by atoms with Crippen LogP contribution in [0.15, 0.2) is 4.52 Å². The van der Waals surface area contributed by atoms with Gasteiger partial charge in [-0.1, -0.05) is 13.3 Å². The highest BCUT2D eigenvalue weighted by Gasteiger charge is 2.13. The molecule has 0 bridgehead atoms. The van der Waals surface area contributed by atoms with Crippen molar-refractivity contribution in [3.63, 3.8) is 0 Å². The first-order valence-electron chi connectivity index (χ1n) is 5.92. The topological polar surface area (TPSA) is 54.2 Å². The zero-order valence-electron chi connectivity index (χ0n) is 10.7. The van der Waals surface area contributed by atoms with Crippen LogP contribution >= 0.6 is 0 Å². The molecule has 16 heavy (non-hydrogen) atoms. The minimum atomic E-state index is 0.422. The smallest absolute Gasteiger partial charge is 0.265 e. The van der Waals surface area contributed by atoms with Gasteiger partial charge in [0.25, 0.3) is 5.95 Å². The minimum absolute atomic E-state index is 0.422. The van der Waals surface area contributed by atoms with Crippen molar-refractivity contribution in [1.82, 2.24) is 15.5 Å². The lowest BCUT2D eigenvalue weighted by Gasteiger charge is -2.12. The molecule has 1 atom stereocenters. The van der Waals surface area contributed by atoms with Crippen LogP contribution in [0.5, 0.6) is 0 Å². The van der Waals surface area contributed by atoms with Crippen LogP contribution in [0, 0.1) is 0 Å². The van der Waals surface area contributed by atoms with E-state index in [1.165, 1.54) is 0 Å². The number of hydrogen-bond acceptors (Lipinski definition) is 5. The van der Waals surface area contributed by atoms with Gasteiger partial charge < -0.3 is 14.7 Å². The zero-order chi connectivity index (χ0) is 12.0.